The average Bonchev–Trinajstić information content (AvgIpc) is 3.13. The van der Waals surface area contributed by atoms with Crippen molar-refractivity contribution in [3.05, 3.63) is 96.1 Å². The van der Waals surface area contributed by atoms with Crippen molar-refractivity contribution in [2.45, 2.75) is 18.3 Å². The molecule has 1 aliphatic rings. The van der Waals surface area contributed by atoms with Crippen LogP contribution in [0, 0.1) is 0 Å². The van der Waals surface area contributed by atoms with Crippen LogP contribution in [0.5, 0.6) is 0 Å². The summed E-state index contributed by atoms with van der Waals surface area (Å²) in [5, 5.41) is 14.5. The van der Waals surface area contributed by atoms with Gasteiger partial charge in [-0.2, -0.15) is 23.3 Å². The lowest BCUT2D eigenvalue weighted by atomic mass is 10.00. The lowest BCUT2D eigenvalue weighted by Gasteiger charge is -2.32. The summed E-state index contributed by atoms with van der Waals surface area (Å²) in [6.07, 6.45) is -5.92. The Morgan fingerprint density at radius 2 is 1.33 bits per heavy atom. The van der Waals surface area contributed by atoms with Gasteiger partial charge in [-0.3, -0.25) is 4.79 Å². The highest BCUT2D eigenvalue weighted by molar-refractivity contribution is 6.05. The van der Waals surface area contributed by atoms with Crippen LogP contribution in [-0.2, 0) is 0 Å². The molecular weight excluding hydrogens is 393 g/mol. The maximum absolute atomic E-state index is 13.7. The normalized spacial score (nSPS) is 18.9. The Hall–Kier alpha value is -3.45. The van der Waals surface area contributed by atoms with E-state index in [1.54, 1.807) is 42.5 Å². The Morgan fingerprint density at radius 3 is 1.87 bits per heavy atom. The summed E-state index contributed by atoms with van der Waals surface area (Å²) in [7, 11) is 0. The highest BCUT2D eigenvalue weighted by Crippen LogP contribution is 2.42. The Balaban J connectivity index is 1.69. The summed E-state index contributed by atoms with van der Waals surface area (Å²) in [5.41, 5.74) is -1.29. The molecule has 0 spiro atoms. The first-order valence-electron chi connectivity index (χ1n) is 9.22. The quantitative estimate of drug-likeness (QED) is 0.671. The van der Waals surface area contributed by atoms with E-state index in [2.05, 4.69) is 5.10 Å². The van der Waals surface area contributed by atoms with E-state index in [1.165, 1.54) is 12.1 Å². The molecule has 4 nitrogen and oxygen atoms in total. The van der Waals surface area contributed by atoms with E-state index in [0.29, 0.717) is 5.56 Å². The van der Waals surface area contributed by atoms with Gasteiger partial charge in [0.15, 0.2) is 0 Å². The largest absolute Gasteiger partial charge is 0.438 e. The number of hydrogen-bond acceptors (Lipinski definition) is 3. The lowest BCUT2D eigenvalue weighted by molar-refractivity contribution is -0.297. The Morgan fingerprint density at radius 1 is 0.833 bits per heavy atom. The van der Waals surface area contributed by atoms with Gasteiger partial charge < -0.3 is 5.11 Å². The van der Waals surface area contributed by atoms with E-state index in [9.17, 15) is 23.1 Å². The van der Waals surface area contributed by atoms with E-state index in [0.717, 1.165) is 11.1 Å². The van der Waals surface area contributed by atoms with Crippen molar-refractivity contribution in [2.75, 3.05) is 0 Å². The molecule has 152 valence electrons. The summed E-state index contributed by atoms with van der Waals surface area (Å²) in [6.45, 7) is 0. The first-order chi connectivity index (χ1) is 14.3. The van der Waals surface area contributed by atoms with Gasteiger partial charge in [-0.1, -0.05) is 72.8 Å². The fraction of sp³-hybridized carbons (Fsp3) is 0.130. The second-order valence-electron chi connectivity index (χ2n) is 6.96. The standard InChI is InChI=1S/C23H17F3N2O2/c24-23(25,26)22(30)15-20(18-9-5-2-6-10-18)27-28(22)21(29)19-13-11-17(12-14-19)16-7-3-1-4-8-16/h1-14,30H,15H2. The van der Waals surface area contributed by atoms with E-state index >= 15 is 0 Å². The molecule has 30 heavy (non-hydrogen) atoms. The SMILES string of the molecule is O=C(c1ccc(-c2ccccc2)cc1)N1N=C(c2ccccc2)CC1(O)C(F)(F)F. The molecule has 0 radical (unpaired) electrons. The first-order valence-corrected chi connectivity index (χ1v) is 9.22. The number of hydrazone groups is 1. The van der Waals surface area contributed by atoms with Gasteiger partial charge in [0.25, 0.3) is 11.6 Å². The monoisotopic (exact) mass is 410 g/mol. The summed E-state index contributed by atoms with van der Waals surface area (Å²) in [4.78, 5) is 12.9. The molecule has 0 fully saturated rings. The molecule has 7 heteroatoms. The Labute approximate surface area is 170 Å². The van der Waals surface area contributed by atoms with Crippen LogP contribution in [0.4, 0.5) is 13.2 Å². The molecule has 0 aromatic heterocycles. The summed E-state index contributed by atoms with van der Waals surface area (Å²) in [5.74, 6) is -1.03. The van der Waals surface area contributed by atoms with Gasteiger partial charge in [0.2, 0.25) is 0 Å². The summed E-state index contributed by atoms with van der Waals surface area (Å²) < 4.78 is 41.2. The van der Waals surface area contributed by atoms with E-state index < -0.39 is 24.2 Å². The zero-order chi connectivity index (χ0) is 21.4. The molecule has 1 unspecified atom stereocenters. The summed E-state index contributed by atoms with van der Waals surface area (Å²) >= 11 is 0. The van der Waals surface area contributed by atoms with Crippen LogP contribution < -0.4 is 0 Å². The van der Waals surface area contributed by atoms with Crippen LogP contribution in [-0.4, -0.2) is 33.6 Å². The number of halogens is 3. The maximum atomic E-state index is 13.7. The lowest BCUT2D eigenvalue weighted by Crippen LogP contribution is -2.56. The smallest absolute Gasteiger partial charge is 0.362 e. The molecule has 1 N–H and O–H groups in total. The van der Waals surface area contributed by atoms with Crippen LogP contribution in [0.2, 0.25) is 0 Å². The van der Waals surface area contributed by atoms with E-state index in [-0.39, 0.29) is 16.3 Å². The van der Waals surface area contributed by atoms with Gasteiger partial charge in [-0.25, -0.2) is 0 Å². The molecule has 1 amide bonds. The predicted molar refractivity (Wildman–Crippen MR) is 107 cm³/mol. The van der Waals surface area contributed by atoms with Gasteiger partial charge in [0.05, 0.1) is 12.1 Å². The number of hydrogen-bond donors (Lipinski definition) is 1. The summed E-state index contributed by atoms with van der Waals surface area (Å²) in [6, 6.07) is 23.7. The van der Waals surface area contributed by atoms with Crippen molar-refractivity contribution >= 4 is 11.6 Å². The minimum Gasteiger partial charge on any atom is -0.362 e. The number of nitrogens with zero attached hydrogens (tertiary/aromatic N) is 2. The number of carbonyl (C=O) groups is 1. The topological polar surface area (TPSA) is 52.9 Å². The second-order valence-corrected chi connectivity index (χ2v) is 6.96. The number of benzene rings is 3. The van der Waals surface area contributed by atoms with Crippen molar-refractivity contribution in [2.24, 2.45) is 5.10 Å². The molecular formula is C23H17F3N2O2. The maximum Gasteiger partial charge on any atom is 0.438 e. The average molecular weight is 410 g/mol. The molecule has 1 aliphatic heterocycles. The molecule has 3 aromatic carbocycles. The fourth-order valence-corrected chi connectivity index (χ4v) is 3.33. The zero-order valence-electron chi connectivity index (χ0n) is 15.7. The number of carbonyl (C=O) groups excluding carboxylic acids is 1. The third-order valence-electron chi connectivity index (χ3n) is 4.98. The van der Waals surface area contributed by atoms with Crippen LogP contribution >= 0.6 is 0 Å². The van der Waals surface area contributed by atoms with E-state index in [4.69, 9.17) is 0 Å². The van der Waals surface area contributed by atoms with Crippen molar-refractivity contribution in [3.63, 3.8) is 0 Å². The molecule has 1 atom stereocenters. The van der Waals surface area contributed by atoms with Gasteiger partial charge >= 0.3 is 6.18 Å². The Bertz CT molecular complexity index is 1080. The molecule has 4 rings (SSSR count). The molecule has 1 heterocycles. The number of rotatable bonds is 3. The minimum absolute atomic E-state index is 0.00424. The molecule has 0 saturated heterocycles. The molecule has 0 saturated carbocycles. The van der Waals surface area contributed by atoms with Gasteiger partial charge in [0.1, 0.15) is 0 Å². The highest BCUT2D eigenvalue weighted by atomic mass is 19.4. The van der Waals surface area contributed by atoms with Crippen molar-refractivity contribution in [3.8, 4) is 11.1 Å². The molecule has 0 bridgehead atoms. The number of amides is 1. The zero-order valence-corrected chi connectivity index (χ0v) is 15.7. The molecule has 3 aromatic rings. The third kappa shape index (κ3) is 3.48. The van der Waals surface area contributed by atoms with E-state index in [1.807, 2.05) is 30.3 Å². The van der Waals surface area contributed by atoms with Gasteiger partial charge in [0, 0.05) is 5.56 Å². The highest BCUT2D eigenvalue weighted by Gasteiger charge is 2.63. The first kappa shape index (κ1) is 19.8. The van der Waals surface area contributed by atoms with Gasteiger partial charge in [-0.05, 0) is 28.8 Å². The molecule has 0 aliphatic carbocycles. The van der Waals surface area contributed by atoms with Crippen molar-refractivity contribution in [1.82, 2.24) is 5.01 Å². The van der Waals surface area contributed by atoms with Gasteiger partial charge in [-0.15, -0.1) is 0 Å². The van der Waals surface area contributed by atoms with Crippen LogP contribution in [0.3, 0.4) is 0 Å². The van der Waals surface area contributed by atoms with Crippen molar-refractivity contribution < 1.29 is 23.1 Å². The van der Waals surface area contributed by atoms with Crippen LogP contribution in [0.25, 0.3) is 11.1 Å². The number of alkyl halides is 3. The van der Waals surface area contributed by atoms with Crippen molar-refractivity contribution in [1.29, 1.82) is 0 Å². The predicted octanol–water partition coefficient (Wildman–Crippen LogP) is 4.85. The Kier molecular flexibility index (Phi) is 4.91. The number of aliphatic hydroxyl groups is 1. The second kappa shape index (κ2) is 7.42. The van der Waals surface area contributed by atoms with Crippen LogP contribution in [0.15, 0.2) is 90.0 Å². The fourth-order valence-electron chi connectivity index (χ4n) is 3.33. The van der Waals surface area contributed by atoms with Crippen LogP contribution in [0.1, 0.15) is 22.3 Å². The third-order valence-corrected chi connectivity index (χ3v) is 4.98. The minimum atomic E-state index is -5.08.